The quantitative estimate of drug-likeness (QED) is 0.603. The van der Waals surface area contributed by atoms with Gasteiger partial charge in [0.1, 0.15) is 0 Å². The van der Waals surface area contributed by atoms with Crippen molar-refractivity contribution in [2.24, 2.45) is 0 Å². The Balaban J connectivity index is 2.78. The molecule has 2 aromatic rings. The molecule has 0 aliphatic carbocycles. The first-order valence-corrected chi connectivity index (χ1v) is 2.91. The van der Waals surface area contributed by atoms with Gasteiger partial charge in [-0.15, -0.1) is 0 Å². The summed E-state index contributed by atoms with van der Waals surface area (Å²) >= 11 is 0. The molecule has 2 heterocycles. The van der Waals surface area contributed by atoms with Gasteiger partial charge in [-0.05, 0) is 0 Å². The number of carbonyl (C=O) groups is 1. The number of carbonyl (C=O) groups excluding carboxylic acids is 1. The molecule has 3 heteroatoms. The van der Waals surface area contributed by atoms with Gasteiger partial charge in [-0.3, -0.25) is 4.79 Å². The molecule has 0 aliphatic heterocycles. The summed E-state index contributed by atoms with van der Waals surface area (Å²) in [4.78, 5) is 13.1. The molecule has 10 heavy (non-hydrogen) atoms. The van der Waals surface area contributed by atoms with E-state index in [0.717, 1.165) is 17.4 Å². The summed E-state index contributed by atoms with van der Waals surface area (Å²) in [6.45, 7) is 0. The summed E-state index contributed by atoms with van der Waals surface area (Å²) in [5.74, 6) is 0. The first-order valence-electron chi connectivity index (χ1n) is 2.91. The lowest BCUT2D eigenvalue weighted by molar-refractivity contribution is 0.111. The fourth-order valence-corrected chi connectivity index (χ4v) is 0.932. The predicted octanol–water partition coefficient (Wildman–Crippen LogP) is 1.57. The molecule has 2 aromatic heterocycles. The molecule has 0 aliphatic rings. The summed E-state index contributed by atoms with van der Waals surface area (Å²) in [7, 11) is 0. The van der Waals surface area contributed by atoms with E-state index in [-0.39, 0.29) is 0 Å². The molecule has 0 saturated carbocycles. The van der Waals surface area contributed by atoms with Crippen molar-refractivity contribution < 1.29 is 9.21 Å². The first-order chi connectivity index (χ1) is 4.90. The van der Waals surface area contributed by atoms with Gasteiger partial charge in [-0.2, -0.15) is 0 Å². The van der Waals surface area contributed by atoms with Crippen LogP contribution in [0.2, 0.25) is 0 Å². The molecule has 0 bridgehead atoms. The minimum absolute atomic E-state index is 0.550. The molecule has 50 valence electrons. The second-order valence-corrected chi connectivity index (χ2v) is 2.04. The molecular weight excluding hydrogens is 130 g/mol. The Morgan fingerprint density at radius 2 is 2.50 bits per heavy atom. The molecule has 3 nitrogen and oxygen atoms in total. The van der Waals surface area contributed by atoms with Crippen LogP contribution in [0.5, 0.6) is 0 Å². The standard InChI is InChI=1S/C7H5NO2/c9-4-5-3-7-6(8-5)1-2-10-7/h1-4,8H. The van der Waals surface area contributed by atoms with Crippen LogP contribution in [0.4, 0.5) is 0 Å². The van der Waals surface area contributed by atoms with Crippen LogP contribution in [0.15, 0.2) is 22.8 Å². The molecular formula is C7H5NO2. The second kappa shape index (κ2) is 1.73. The highest BCUT2D eigenvalue weighted by Crippen LogP contribution is 2.14. The third-order valence-corrected chi connectivity index (χ3v) is 1.39. The van der Waals surface area contributed by atoms with Crippen molar-refractivity contribution in [2.45, 2.75) is 0 Å². The average molecular weight is 135 g/mol. The van der Waals surface area contributed by atoms with E-state index in [1.165, 1.54) is 0 Å². The summed E-state index contributed by atoms with van der Waals surface area (Å²) in [5, 5.41) is 0. The van der Waals surface area contributed by atoms with E-state index in [1.54, 1.807) is 18.4 Å². The topological polar surface area (TPSA) is 46.0 Å². The Morgan fingerprint density at radius 1 is 1.60 bits per heavy atom. The Labute approximate surface area is 56.6 Å². The molecule has 0 atom stereocenters. The van der Waals surface area contributed by atoms with Gasteiger partial charge in [0.05, 0.1) is 17.5 Å². The number of hydrogen-bond acceptors (Lipinski definition) is 2. The monoisotopic (exact) mass is 135 g/mol. The lowest BCUT2D eigenvalue weighted by Crippen LogP contribution is -1.73. The van der Waals surface area contributed by atoms with E-state index < -0.39 is 0 Å². The molecule has 0 fully saturated rings. The van der Waals surface area contributed by atoms with Crippen LogP contribution in [-0.4, -0.2) is 11.3 Å². The van der Waals surface area contributed by atoms with Crippen molar-refractivity contribution in [2.75, 3.05) is 0 Å². The minimum atomic E-state index is 0.550. The average Bonchev–Trinajstić information content (AvgIpc) is 2.42. The molecule has 0 aromatic carbocycles. The SMILES string of the molecule is O=Cc1cc2occc2[nH]1. The van der Waals surface area contributed by atoms with Crippen LogP contribution in [-0.2, 0) is 0 Å². The van der Waals surface area contributed by atoms with Crippen molar-refractivity contribution in [3.8, 4) is 0 Å². The van der Waals surface area contributed by atoms with Crippen LogP contribution in [0.3, 0.4) is 0 Å². The van der Waals surface area contributed by atoms with Gasteiger partial charge in [-0.25, -0.2) is 0 Å². The Morgan fingerprint density at radius 3 is 3.20 bits per heavy atom. The second-order valence-electron chi connectivity index (χ2n) is 2.04. The number of furan rings is 1. The van der Waals surface area contributed by atoms with Gasteiger partial charge in [0.15, 0.2) is 11.9 Å². The highest BCUT2D eigenvalue weighted by atomic mass is 16.3. The van der Waals surface area contributed by atoms with Crippen molar-refractivity contribution >= 4 is 17.4 Å². The third kappa shape index (κ3) is 0.572. The number of H-pyrrole nitrogens is 1. The third-order valence-electron chi connectivity index (χ3n) is 1.39. The Bertz CT molecular complexity index is 330. The van der Waals surface area contributed by atoms with Gasteiger partial charge in [0.2, 0.25) is 0 Å². The number of aromatic nitrogens is 1. The van der Waals surface area contributed by atoms with Crippen LogP contribution >= 0.6 is 0 Å². The normalized spacial score (nSPS) is 10.4. The van der Waals surface area contributed by atoms with Crippen molar-refractivity contribution in [3.63, 3.8) is 0 Å². The highest BCUT2D eigenvalue weighted by molar-refractivity contribution is 5.84. The predicted molar refractivity (Wildman–Crippen MR) is 36.0 cm³/mol. The number of fused-ring (bicyclic) bond motifs is 1. The van der Waals surface area contributed by atoms with Crippen LogP contribution < -0.4 is 0 Å². The maximum absolute atomic E-state index is 10.2. The van der Waals surface area contributed by atoms with Gasteiger partial charge in [0, 0.05) is 12.1 Å². The van der Waals surface area contributed by atoms with E-state index in [0.29, 0.717) is 5.69 Å². The summed E-state index contributed by atoms with van der Waals surface area (Å²) in [6.07, 6.45) is 2.34. The molecule has 2 rings (SSSR count). The van der Waals surface area contributed by atoms with Crippen LogP contribution in [0, 0.1) is 0 Å². The van der Waals surface area contributed by atoms with Gasteiger partial charge in [-0.1, -0.05) is 0 Å². The summed E-state index contributed by atoms with van der Waals surface area (Å²) in [6, 6.07) is 3.45. The molecule has 0 radical (unpaired) electrons. The Hall–Kier alpha value is -1.51. The van der Waals surface area contributed by atoms with Gasteiger partial charge >= 0.3 is 0 Å². The Kier molecular flexibility index (Phi) is 0.917. The van der Waals surface area contributed by atoms with Crippen molar-refractivity contribution in [3.05, 3.63) is 24.1 Å². The zero-order chi connectivity index (χ0) is 6.97. The van der Waals surface area contributed by atoms with Crippen molar-refractivity contribution in [1.82, 2.24) is 4.98 Å². The van der Waals surface area contributed by atoms with E-state index >= 15 is 0 Å². The molecule has 0 amide bonds. The number of rotatable bonds is 1. The summed E-state index contributed by atoms with van der Waals surface area (Å²) < 4.78 is 5.01. The minimum Gasteiger partial charge on any atom is -0.463 e. The van der Waals surface area contributed by atoms with Crippen LogP contribution in [0.25, 0.3) is 11.1 Å². The zero-order valence-electron chi connectivity index (χ0n) is 5.13. The molecule has 0 unspecified atom stereocenters. The number of nitrogens with one attached hydrogen (secondary N) is 1. The molecule has 0 spiro atoms. The zero-order valence-corrected chi connectivity index (χ0v) is 5.13. The number of hydrogen-bond donors (Lipinski definition) is 1. The smallest absolute Gasteiger partial charge is 0.166 e. The van der Waals surface area contributed by atoms with E-state index in [9.17, 15) is 4.79 Å². The lowest BCUT2D eigenvalue weighted by Gasteiger charge is -1.73. The van der Waals surface area contributed by atoms with Crippen molar-refractivity contribution in [1.29, 1.82) is 0 Å². The maximum atomic E-state index is 10.2. The van der Waals surface area contributed by atoms with E-state index in [4.69, 9.17) is 4.42 Å². The summed E-state index contributed by atoms with van der Waals surface area (Å²) in [5.41, 5.74) is 2.14. The largest absolute Gasteiger partial charge is 0.463 e. The maximum Gasteiger partial charge on any atom is 0.166 e. The van der Waals surface area contributed by atoms with Gasteiger partial charge < -0.3 is 9.40 Å². The first kappa shape index (κ1) is 5.29. The fraction of sp³-hybridized carbons (Fsp3) is 0. The highest BCUT2D eigenvalue weighted by Gasteiger charge is 1.99. The molecule has 0 saturated heterocycles. The van der Waals surface area contributed by atoms with E-state index in [2.05, 4.69) is 4.98 Å². The lowest BCUT2D eigenvalue weighted by atomic mass is 10.4. The van der Waals surface area contributed by atoms with Gasteiger partial charge in [0.25, 0.3) is 0 Å². The van der Waals surface area contributed by atoms with E-state index in [1.807, 2.05) is 0 Å². The fourth-order valence-electron chi connectivity index (χ4n) is 0.932. The van der Waals surface area contributed by atoms with Crippen LogP contribution in [0.1, 0.15) is 10.5 Å². The number of aromatic amines is 1. The molecule has 1 N–H and O–H groups in total. The number of aldehydes is 1.